The summed E-state index contributed by atoms with van der Waals surface area (Å²) in [6, 6.07) is 20.4. The molecular weight excluding hydrogens is 654 g/mol. The van der Waals surface area contributed by atoms with Gasteiger partial charge in [0.15, 0.2) is 0 Å². The fourth-order valence-corrected chi connectivity index (χ4v) is 9.15. The number of ether oxygens (including phenoxy) is 1. The molecule has 0 unspecified atom stereocenters. The van der Waals surface area contributed by atoms with E-state index in [1.165, 1.54) is 29.7 Å². The van der Waals surface area contributed by atoms with Crippen LogP contribution in [0.25, 0.3) is 0 Å². The molecule has 5 aliphatic heterocycles. The van der Waals surface area contributed by atoms with Gasteiger partial charge in [0.05, 0.1) is 12.7 Å². The van der Waals surface area contributed by atoms with Crippen LogP contribution in [-0.4, -0.2) is 90.6 Å². The van der Waals surface area contributed by atoms with E-state index >= 15 is 0 Å². The topological polar surface area (TPSA) is 106 Å². The highest BCUT2D eigenvalue weighted by molar-refractivity contribution is 6.05. The van der Waals surface area contributed by atoms with Crippen molar-refractivity contribution in [2.24, 2.45) is 11.8 Å². The number of hydrogen-bond donors (Lipinski definition) is 2. The van der Waals surface area contributed by atoms with Crippen molar-refractivity contribution >= 4 is 29.1 Å². The van der Waals surface area contributed by atoms with Gasteiger partial charge in [-0.05, 0) is 102 Å². The number of amides is 3. The molecule has 52 heavy (non-hydrogen) atoms. The summed E-state index contributed by atoms with van der Waals surface area (Å²) in [7, 11) is 0. The van der Waals surface area contributed by atoms with Gasteiger partial charge in [-0.25, -0.2) is 0 Å². The fourth-order valence-electron chi connectivity index (χ4n) is 9.15. The Morgan fingerprint density at radius 2 is 1.56 bits per heavy atom. The molecule has 3 saturated heterocycles. The van der Waals surface area contributed by atoms with Gasteiger partial charge in [0.25, 0.3) is 5.91 Å². The molecule has 5 aliphatic rings. The number of carbonyl (C=O) groups is 3. The second kappa shape index (κ2) is 14.5. The minimum Gasteiger partial charge on any atom is -0.508 e. The van der Waals surface area contributed by atoms with Crippen LogP contribution in [0.15, 0.2) is 60.7 Å². The summed E-state index contributed by atoms with van der Waals surface area (Å²) in [5.74, 6) is 0.921. The molecule has 0 radical (unpaired) electrons. The van der Waals surface area contributed by atoms with E-state index in [9.17, 15) is 19.5 Å². The number of rotatable bonds is 8. The molecule has 0 aliphatic carbocycles. The molecule has 10 nitrogen and oxygen atoms in total. The number of phenolic OH excluding ortho intramolecular Hbond substituents is 1. The number of hydrogen-bond acceptors (Lipinski definition) is 8. The standard InChI is InChI=1S/C42H51N5O5/c1-27(2)21-38-40(35-10-8-34(48)23-31(35)26-52-38)29-3-5-32(6-4-29)45-15-13-28(14-16-45)24-44-17-19-46(20-18-44)33-7-9-36-30(22-33)25-47(42(36)51)37-11-12-39(49)43-41(37)50/h3-10,22-23,27-28,37-38,40,48H,11-21,24-26H2,1-2H3,(H,43,49,50)/t37-,38-,40+/m0/s1. The lowest BCUT2D eigenvalue weighted by molar-refractivity contribution is -0.136. The second-order valence-corrected chi connectivity index (χ2v) is 15.9. The number of piperazine rings is 1. The number of anilines is 2. The zero-order chi connectivity index (χ0) is 35.9. The van der Waals surface area contributed by atoms with Gasteiger partial charge in [-0.1, -0.05) is 32.0 Å². The van der Waals surface area contributed by atoms with Gasteiger partial charge in [-0.15, -0.1) is 0 Å². The van der Waals surface area contributed by atoms with Crippen LogP contribution in [0.3, 0.4) is 0 Å². The maximum atomic E-state index is 13.1. The first-order chi connectivity index (χ1) is 25.2. The van der Waals surface area contributed by atoms with Crippen molar-refractivity contribution in [1.82, 2.24) is 15.1 Å². The molecule has 8 rings (SSSR count). The minimum absolute atomic E-state index is 0.123. The summed E-state index contributed by atoms with van der Waals surface area (Å²) in [6.45, 7) is 12.7. The summed E-state index contributed by atoms with van der Waals surface area (Å²) in [5.41, 5.74) is 7.67. The van der Waals surface area contributed by atoms with Crippen LogP contribution in [0.2, 0.25) is 0 Å². The SMILES string of the molecule is CC(C)C[C@@H]1OCc2cc(O)ccc2[C@H]1c1ccc(N2CCC(CN3CCN(c4ccc5c(c4)CN([C@H]4CCC(=O)NC4=O)C5=O)CC3)CC2)cc1. The van der Waals surface area contributed by atoms with Crippen molar-refractivity contribution in [2.45, 2.75) is 77.2 Å². The number of nitrogens with zero attached hydrogens (tertiary/aromatic N) is 4. The first kappa shape index (κ1) is 34.7. The molecule has 3 amide bonds. The summed E-state index contributed by atoms with van der Waals surface area (Å²) in [4.78, 5) is 46.4. The second-order valence-electron chi connectivity index (χ2n) is 15.9. The highest BCUT2D eigenvalue weighted by Gasteiger charge is 2.39. The Kier molecular flexibility index (Phi) is 9.70. The molecule has 5 heterocycles. The molecule has 3 aromatic carbocycles. The third-order valence-electron chi connectivity index (χ3n) is 12.0. The largest absolute Gasteiger partial charge is 0.508 e. The maximum Gasteiger partial charge on any atom is 0.255 e. The summed E-state index contributed by atoms with van der Waals surface area (Å²) >= 11 is 0. The van der Waals surface area contributed by atoms with Crippen molar-refractivity contribution in [2.75, 3.05) is 55.6 Å². The smallest absolute Gasteiger partial charge is 0.255 e. The van der Waals surface area contributed by atoms with Crippen molar-refractivity contribution in [1.29, 1.82) is 0 Å². The first-order valence-electron chi connectivity index (χ1n) is 19.2. The lowest BCUT2D eigenvalue weighted by atomic mass is 9.79. The molecule has 0 saturated carbocycles. The van der Waals surface area contributed by atoms with E-state index in [-0.39, 0.29) is 36.2 Å². The van der Waals surface area contributed by atoms with E-state index < -0.39 is 6.04 Å². The Labute approximate surface area is 306 Å². The molecule has 3 atom stereocenters. The number of benzene rings is 3. The Balaban J connectivity index is 0.825. The van der Waals surface area contributed by atoms with Crippen molar-refractivity contribution in [3.05, 3.63) is 88.5 Å². The maximum absolute atomic E-state index is 13.1. The number of imide groups is 1. The number of carbonyl (C=O) groups excluding carboxylic acids is 3. The average molecular weight is 706 g/mol. The third-order valence-corrected chi connectivity index (χ3v) is 12.0. The van der Waals surface area contributed by atoms with Gasteiger partial charge >= 0.3 is 0 Å². The van der Waals surface area contributed by atoms with Gasteiger partial charge < -0.3 is 24.5 Å². The zero-order valence-corrected chi connectivity index (χ0v) is 30.4. The first-order valence-corrected chi connectivity index (χ1v) is 19.2. The van der Waals surface area contributed by atoms with E-state index in [1.807, 2.05) is 18.2 Å². The Hall–Kier alpha value is -4.41. The van der Waals surface area contributed by atoms with Crippen molar-refractivity contribution < 1.29 is 24.2 Å². The van der Waals surface area contributed by atoms with Gasteiger partial charge in [0.2, 0.25) is 11.8 Å². The number of aromatic hydroxyl groups is 1. The van der Waals surface area contributed by atoms with E-state index in [1.54, 1.807) is 11.0 Å². The molecule has 3 aromatic rings. The summed E-state index contributed by atoms with van der Waals surface area (Å²) in [6.07, 6.45) is 4.14. The van der Waals surface area contributed by atoms with Crippen molar-refractivity contribution in [3.63, 3.8) is 0 Å². The quantitative estimate of drug-likeness (QED) is 0.306. The fraction of sp³-hybridized carbons (Fsp3) is 0.500. The highest BCUT2D eigenvalue weighted by atomic mass is 16.5. The van der Waals surface area contributed by atoms with Gasteiger partial charge in [-0.2, -0.15) is 0 Å². The lowest BCUT2D eigenvalue weighted by Gasteiger charge is -2.40. The predicted octanol–water partition coefficient (Wildman–Crippen LogP) is 5.27. The molecule has 3 fully saturated rings. The number of fused-ring (bicyclic) bond motifs is 2. The number of phenols is 1. The van der Waals surface area contributed by atoms with E-state index in [0.29, 0.717) is 42.7 Å². The molecule has 10 heteroatoms. The Morgan fingerprint density at radius 1 is 0.827 bits per heavy atom. The van der Waals surface area contributed by atoms with Crippen LogP contribution in [0.5, 0.6) is 5.75 Å². The van der Waals surface area contributed by atoms with Crippen LogP contribution < -0.4 is 15.1 Å². The number of piperidine rings is 2. The minimum atomic E-state index is -0.586. The molecular formula is C42H51N5O5. The van der Waals surface area contributed by atoms with E-state index in [0.717, 1.165) is 69.0 Å². The van der Waals surface area contributed by atoms with E-state index in [4.69, 9.17) is 4.74 Å². The van der Waals surface area contributed by atoms with Crippen LogP contribution in [0, 0.1) is 11.8 Å². The Morgan fingerprint density at radius 3 is 2.29 bits per heavy atom. The molecule has 274 valence electrons. The normalized spacial score (nSPS) is 24.3. The van der Waals surface area contributed by atoms with Crippen LogP contribution in [-0.2, 0) is 27.5 Å². The van der Waals surface area contributed by atoms with Gasteiger partial charge in [0.1, 0.15) is 11.8 Å². The molecule has 0 spiro atoms. The molecule has 0 aromatic heterocycles. The van der Waals surface area contributed by atoms with Crippen LogP contribution in [0.1, 0.15) is 84.5 Å². The number of nitrogens with one attached hydrogen (secondary N) is 1. The lowest BCUT2D eigenvalue weighted by Crippen LogP contribution is -2.52. The monoisotopic (exact) mass is 705 g/mol. The summed E-state index contributed by atoms with van der Waals surface area (Å²) in [5, 5.41) is 12.5. The van der Waals surface area contributed by atoms with Gasteiger partial charge in [0, 0.05) is 81.6 Å². The predicted molar refractivity (Wildman–Crippen MR) is 201 cm³/mol. The zero-order valence-electron chi connectivity index (χ0n) is 30.4. The Bertz CT molecular complexity index is 1810. The van der Waals surface area contributed by atoms with Crippen LogP contribution in [0.4, 0.5) is 11.4 Å². The molecule has 0 bridgehead atoms. The van der Waals surface area contributed by atoms with Crippen molar-refractivity contribution in [3.8, 4) is 5.75 Å². The molecule has 2 N–H and O–H groups in total. The average Bonchev–Trinajstić information content (AvgIpc) is 3.47. The highest BCUT2D eigenvalue weighted by Crippen LogP contribution is 2.41. The summed E-state index contributed by atoms with van der Waals surface area (Å²) < 4.78 is 6.37. The van der Waals surface area contributed by atoms with E-state index in [2.05, 4.69) is 70.3 Å². The van der Waals surface area contributed by atoms with Crippen LogP contribution >= 0.6 is 0 Å². The van der Waals surface area contributed by atoms with Gasteiger partial charge in [-0.3, -0.25) is 24.6 Å². The third kappa shape index (κ3) is 7.03.